The Morgan fingerprint density at radius 2 is 1.86 bits per heavy atom. The van der Waals surface area contributed by atoms with Crippen LogP contribution in [0.15, 0.2) is 64.8 Å². The van der Waals surface area contributed by atoms with E-state index in [1.807, 2.05) is 47.8 Å². The molecule has 6 nitrogen and oxygen atoms in total. The molecule has 2 heterocycles. The van der Waals surface area contributed by atoms with Gasteiger partial charge in [-0.25, -0.2) is 0 Å². The Morgan fingerprint density at radius 3 is 2.39 bits per heavy atom. The lowest BCUT2D eigenvalue weighted by Gasteiger charge is -2.31. The summed E-state index contributed by atoms with van der Waals surface area (Å²) < 4.78 is 30.5. The summed E-state index contributed by atoms with van der Waals surface area (Å²) in [5.74, 6) is -0.611. The number of benzene rings is 1. The maximum absolute atomic E-state index is 13.6. The van der Waals surface area contributed by atoms with Crippen molar-refractivity contribution in [1.29, 1.82) is 5.26 Å². The Bertz CT molecular complexity index is 967. The summed E-state index contributed by atoms with van der Waals surface area (Å²) in [6.45, 7) is 3.80. The van der Waals surface area contributed by atoms with Crippen LogP contribution in [0.1, 0.15) is 30.2 Å². The standard InChI is InChI=1S/C20H21N2O4PS/c1-3-24-27(23,25-4-2)20-17(14-9-6-5-7-10-14)18(16-11-8-12-28-16)15(13-21)19(22)26-20/h5-12,18H,3-4,22H2,1-2H3. The lowest BCUT2D eigenvalue weighted by atomic mass is 9.85. The predicted octanol–water partition coefficient (Wildman–Crippen LogP) is 5.19. The van der Waals surface area contributed by atoms with Crippen molar-refractivity contribution < 1.29 is 18.3 Å². The van der Waals surface area contributed by atoms with Crippen molar-refractivity contribution in [2.24, 2.45) is 5.73 Å². The zero-order valence-electron chi connectivity index (χ0n) is 15.6. The van der Waals surface area contributed by atoms with Gasteiger partial charge in [0.15, 0.2) is 0 Å². The molecule has 2 aromatic rings. The summed E-state index contributed by atoms with van der Waals surface area (Å²) in [4.78, 5) is 0.888. The Morgan fingerprint density at radius 1 is 1.18 bits per heavy atom. The van der Waals surface area contributed by atoms with E-state index < -0.39 is 13.5 Å². The van der Waals surface area contributed by atoms with Gasteiger partial charge in [-0.05, 0) is 30.9 Å². The Balaban J connectivity index is 2.33. The van der Waals surface area contributed by atoms with Crippen molar-refractivity contribution in [2.45, 2.75) is 19.8 Å². The highest BCUT2D eigenvalue weighted by Crippen LogP contribution is 2.63. The minimum atomic E-state index is -3.79. The van der Waals surface area contributed by atoms with E-state index in [-0.39, 0.29) is 30.2 Å². The number of nitriles is 1. The molecule has 8 heteroatoms. The minimum Gasteiger partial charge on any atom is -0.432 e. The van der Waals surface area contributed by atoms with Crippen LogP contribution in [0.25, 0.3) is 5.57 Å². The molecular weight excluding hydrogens is 395 g/mol. The molecule has 0 radical (unpaired) electrons. The molecule has 1 aromatic carbocycles. The first kappa shape index (κ1) is 20.4. The van der Waals surface area contributed by atoms with Crippen LogP contribution in [-0.4, -0.2) is 13.2 Å². The van der Waals surface area contributed by atoms with E-state index in [9.17, 15) is 9.83 Å². The van der Waals surface area contributed by atoms with Crippen LogP contribution in [0.2, 0.25) is 0 Å². The smallest absolute Gasteiger partial charge is 0.396 e. The third-order valence-electron chi connectivity index (χ3n) is 4.16. The van der Waals surface area contributed by atoms with Gasteiger partial charge in [-0.2, -0.15) is 5.26 Å². The summed E-state index contributed by atoms with van der Waals surface area (Å²) in [6.07, 6.45) is 0. The summed E-state index contributed by atoms with van der Waals surface area (Å²) in [5.41, 5.74) is 7.71. The van der Waals surface area contributed by atoms with E-state index in [4.69, 9.17) is 19.5 Å². The van der Waals surface area contributed by atoms with E-state index in [1.165, 1.54) is 11.3 Å². The van der Waals surface area contributed by atoms with E-state index in [0.717, 1.165) is 10.4 Å². The van der Waals surface area contributed by atoms with Crippen LogP contribution >= 0.6 is 18.9 Å². The molecule has 0 aliphatic carbocycles. The van der Waals surface area contributed by atoms with Crippen LogP contribution in [0, 0.1) is 11.3 Å². The average molecular weight is 416 g/mol. The highest BCUT2D eigenvalue weighted by molar-refractivity contribution is 7.58. The number of rotatable bonds is 7. The Kier molecular flexibility index (Phi) is 6.38. The summed E-state index contributed by atoms with van der Waals surface area (Å²) in [5, 5.41) is 11.7. The maximum atomic E-state index is 13.6. The SMILES string of the molecule is CCOP(=O)(OCC)C1=C(c2ccccc2)C(c2cccs2)C(C#N)=C(N)O1. The molecular formula is C20H21N2O4PS. The summed E-state index contributed by atoms with van der Waals surface area (Å²) in [7, 11) is -3.79. The number of ether oxygens (including phenoxy) is 1. The van der Waals surface area contributed by atoms with Gasteiger partial charge in [-0.1, -0.05) is 36.4 Å². The number of hydrogen-bond acceptors (Lipinski definition) is 7. The maximum Gasteiger partial charge on any atom is 0.396 e. The van der Waals surface area contributed by atoms with Crippen LogP contribution in [-0.2, 0) is 18.3 Å². The molecule has 0 saturated carbocycles. The fourth-order valence-electron chi connectivity index (χ4n) is 3.09. The first-order chi connectivity index (χ1) is 13.6. The fraction of sp³-hybridized carbons (Fsp3) is 0.250. The van der Waals surface area contributed by atoms with E-state index in [0.29, 0.717) is 5.57 Å². The normalized spacial score (nSPS) is 17.4. The number of hydrogen-bond donors (Lipinski definition) is 1. The van der Waals surface area contributed by atoms with Gasteiger partial charge in [0, 0.05) is 10.5 Å². The molecule has 28 heavy (non-hydrogen) atoms. The largest absolute Gasteiger partial charge is 0.432 e. The average Bonchev–Trinajstić information content (AvgIpc) is 3.22. The molecule has 0 spiro atoms. The second-order valence-electron chi connectivity index (χ2n) is 5.86. The highest BCUT2D eigenvalue weighted by atomic mass is 32.1. The van der Waals surface area contributed by atoms with Gasteiger partial charge in [-0.3, -0.25) is 4.57 Å². The molecule has 146 valence electrons. The topological polar surface area (TPSA) is 94.6 Å². The van der Waals surface area contributed by atoms with Crippen molar-refractivity contribution in [1.82, 2.24) is 0 Å². The van der Waals surface area contributed by atoms with E-state index in [2.05, 4.69) is 6.07 Å². The zero-order chi connectivity index (χ0) is 20.1. The minimum absolute atomic E-state index is 0.0392. The second kappa shape index (κ2) is 8.76. The molecule has 1 atom stereocenters. The van der Waals surface area contributed by atoms with Crippen molar-refractivity contribution in [2.75, 3.05) is 13.2 Å². The van der Waals surface area contributed by atoms with Crippen LogP contribution in [0.4, 0.5) is 0 Å². The molecule has 0 fully saturated rings. The molecule has 1 aliphatic rings. The number of thiophene rings is 1. The van der Waals surface area contributed by atoms with Gasteiger partial charge in [0.1, 0.15) is 11.6 Å². The van der Waals surface area contributed by atoms with Gasteiger partial charge < -0.3 is 19.5 Å². The Labute approximate surface area is 168 Å². The lowest BCUT2D eigenvalue weighted by molar-refractivity contribution is 0.199. The van der Waals surface area contributed by atoms with Crippen molar-refractivity contribution >= 4 is 24.5 Å². The predicted molar refractivity (Wildman–Crippen MR) is 109 cm³/mol. The van der Waals surface area contributed by atoms with Crippen molar-refractivity contribution in [3.8, 4) is 6.07 Å². The zero-order valence-corrected chi connectivity index (χ0v) is 17.3. The van der Waals surface area contributed by atoms with E-state index >= 15 is 0 Å². The molecule has 1 unspecified atom stereocenters. The summed E-state index contributed by atoms with van der Waals surface area (Å²) in [6, 6.07) is 15.3. The molecule has 1 aliphatic heterocycles. The summed E-state index contributed by atoms with van der Waals surface area (Å²) >= 11 is 1.49. The highest BCUT2D eigenvalue weighted by Gasteiger charge is 2.43. The number of allylic oxidation sites excluding steroid dienone is 2. The number of nitrogens with two attached hydrogens (primary N) is 1. The fourth-order valence-corrected chi connectivity index (χ4v) is 5.69. The van der Waals surface area contributed by atoms with Gasteiger partial charge >= 0.3 is 7.60 Å². The molecule has 3 rings (SSSR count). The van der Waals surface area contributed by atoms with E-state index in [1.54, 1.807) is 13.8 Å². The Hall–Kier alpha value is -2.36. The molecule has 0 bridgehead atoms. The van der Waals surface area contributed by atoms with Crippen LogP contribution < -0.4 is 5.73 Å². The van der Waals surface area contributed by atoms with Gasteiger partial charge in [0.25, 0.3) is 0 Å². The van der Waals surface area contributed by atoms with Crippen LogP contribution in [0.5, 0.6) is 0 Å². The third kappa shape index (κ3) is 3.78. The second-order valence-corrected chi connectivity index (χ2v) is 8.75. The number of nitrogens with zero attached hydrogens (tertiary/aromatic N) is 1. The monoisotopic (exact) mass is 416 g/mol. The first-order valence-corrected chi connectivity index (χ1v) is 11.3. The van der Waals surface area contributed by atoms with Gasteiger partial charge in [-0.15, -0.1) is 11.3 Å². The van der Waals surface area contributed by atoms with Crippen molar-refractivity contribution in [3.63, 3.8) is 0 Å². The van der Waals surface area contributed by atoms with Crippen molar-refractivity contribution in [3.05, 3.63) is 75.2 Å². The lowest BCUT2D eigenvalue weighted by Crippen LogP contribution is -2.21. The molecule has 0 amide bonds. The van der Waals surface area contributed by atoms with Gasteiger partial charge in [0.05, 0.1) is 19.1 Å². The molecule has 2 N–H and O–H groups in total. The first-order valence-electron chi connectivity index (χ1n) is 8.86. The third-order valence-corrected chi connectivity index (χ3v) is 7.12. The molecule has 1 aromatic heterocycles. The van der Waals surface area contributed by atoms with Gasteiger partial charge in [0.2, 0.25) is 11.4 Å². The van der Waals surface area contributed by atoms with Crippen LogP contribution in [0.3, 0.4) is 0 Å². The molecule has 0 saturated heterocycles. The quantitative estimate of drug-likeness (QED) is 0.624.